The molecule has 1 aliphatic carbocycles. The molecule has 0 unspecified atom stereocenters. The third-order valence-electron chi connectivity index (χ3n) is 6.18. The molecule has 0 aliphatic heterocycles. The van der Waals surface area contributed by atoms with Gasteiger partial charge in [0.1, 0.15) is 4.83 Å². The Bertz CT molecular complexity index is 1610. The van der Waals surface area contributed by atoms with Gasteiger partial charge in [-0.15, -0.1) is 11.3 Å². The SMILES string of the molecule is Cc1cc(C)cc(-n2c(SCC(=O)Nc3ccc(F)c([N+](=O)[O-])c3)nc3sc4c(c3c2=O)CCCC4)c1. The summed E-state index contributed by atoms with van der Waals surface area (Å²) in [6.07, 6.45) is 3.93. The lowest BCUT2D eigenvalue weighted by Crippen LogP contribution is -2.23. The van der Waals surface area contributed by atoms with Gasteiger partial charge in [-0.3, -0.25) is 24.3 Å². The molecule has 0 fully saturated rings. The van der Waals surface area contributed by atoms with Crippen LogP contribution in [-0.2, 0) is 17.6 Å². The summed E-state index contributed by atoms with van der Waals surface area (Å²) >= 11 is 2.65. The van der Waals surface area contributed by atoms with Crippen LogP contribution in [0.3, 0.4) is 0 Å². The fourth-order valence-corrected chi connectivity index (χ4v) is 6.76. The summed E-state index contributed by atoms with van der Waals surface area (Å²) in [5.74, 6) is -1.54. The number of hydrogen-bond donors (Lipinski definition) is 1. The molecule has 0 saturated heterocycles. The van der Waals surface area contributed by atoms with Crippen molar-refractivity contribution in [1.29, 1.82) is 0 Å². The molecule has 1 amide bonds. The number of carbonyl (C=O) groups is 1. The van der Waals surface area contributed by atoms with Crippen molar-refractivity contribution in [2.24, 2.45) is 0 Å². The molecule has 0 bridgehead atoms. The first-order valence-electron chi connectivity index (χ1n) is 11.7. The van der Waals surface area contributed by atoms with Crippen molar-refractivity contribution in [3.63, 3.8) is 0 Å². The van der Waals surface area contributed by atoms with Crippen LogP contribution < -0.4 is 10.9 Å². The molecule has 5 rings (SSSR count). The first kappa shape index (κ1) is 25.1. The number of nitrogens with zero attached hydrogens (tertiary/aromatic N) is 3. The Morgan fingerprint density at radius 2 is 1.92 bits per heavy atom. The van der Waals surface area contributed by atoms with Gasteiger partial charge in [0.05, 0.1) is 21.7 Å². The summed E-state index contributed by atoms with van der Waals surface area (Å²) in [5, 5.41) is 14.6. The van der Waals surface area contributed by atoms with Crippen LogP contribution in [0.4, 0.5) is 15.8 Å². The van der Waals surface area contributed by atoms with Crippen LogP contribution in [0.15, 0.2) is 46.3 Å². The van der Waals surface area contributed by atoms with Crippen molar-refractivity contribution in [3.05, 3.63) is 84.3 Å². The van der Waals surface area contributed by atoms with Crippen LogP contribution in [0.25, 0.3) is 15.9 Å². The zero-order chi connectivity index (χ0) is 26.3. The van der Waals surface area contributed by atoms with Crippen LogP contribution in [0.5, 0.6) is 0 Å². The Morgan fingerprint density at radius 1 is 1.19 bits per heavy atom. The maximum atomic E-state index is 13.9. The lowest BCUT2D eigenvalue weighted by molar-refractivity contribution is -0.387. The molecular weight excluding hydrogens is 515 g/mol. The van der Waals surface area contributed by atoms with Crippen LogP contribution in [0.2, 0.25) is 0 Å². The fraction of sp³-hybridized carbons (Fsp3) is 0.269. The number of halogens is 1. The number of nitrogens with one attached hydrogen (secondary N) is 1. The molecule has 37 heavy (non-hydrogen) atoms. The predicted molar refractivity (Wildman–Crippen MR) is 144 cm³/mol. The van der Waals surface area contributed by atoms with Crippen molar-refractivity contribution in [3.8, 4) is 5.69 Å². The summed E-state index contributed by atoms with van der Waals surface area (Å²) in [6.45, 7) is 3.92. The number of thioether (sulfide) groups is 1. The molecule has 0 spiro atoms. The number of nitro benzene ring substituents is 1. The van der Waals surface area contributed by atoms with Crippen molar-refractivity contribution in [2.75, 3.05) is 11.1 Å². The van der Waals surface area contributed by atoms with Crippen LogP contribution in [-0.4, -0.2) is 26.1 Å². The van der Waals surface area contributed by atoms with E-state index in [1.54, 1.807) is 15.9 Å². The van der Waals surface area contributed by atoms with Gasteiger partial charge in [0.2, 0.25) is 11.7 Å². The normalized spacial score (nSPS) is 12.9. The summed E-state index contributed by atoms with van der Waals surface area (Å²) < 4.78 is 15.2. The molecule has 1 aliphatic rings. The molecule has 0 atom stereocenters. The number of thiophene rings is 1. The molecular formula is C26H23FN4O4S2. The Labute approximate surface area is 219 Å². The monoisotopic (exact) mass is 538 g/mol. The van der Waals surface area contributed by atoms with Crippen LogP contribution in [0.1, 0.15) is 34.4 Å². The highest BCUT2D eigenvalue weighted by atomic mass is 32.2. The molecule has 2 aromatic carbocycles. The Morgan fingerprint density at radius 3 is 2.65 bits per heavy atom. The first-order valence-corrected chi connectivity index (χ1v) is 13.5. The van der Waals surface area contributed by atoms with Gasteiger partial charge in [0.15, 0.2) is 5.16 Å². The number of hydrogen-bond acceptors (Lipinski definition) is 7. The van der Waals surface area contributed by atoms with E-state index in [2.05, 4.69) is 5.32 Å². The third kappa shape index (κ3) is 5.01. The van der Waals surface area contributed by atoms with Gasteiger partial charge in [0, 0.05) is 16.6 Å². The van der Waals surface area contributed by atoms with E-state index < -0.39 is 22.3 Å². The summed E-state index contributed by atoms with van der Waals surface area (Å²) in [4.78, 5) is 43.5. The highest BCUT2D eigenvalue weighted by Gasteiger charge is 2.24. The number of fused-ring (bicyclic) bond motifs is 3. The molecule has 11 heteroatoms. The summed E-state index contributed by atoms with van der Waals surface area (Å²) in [6, 6.07) is 9.04. The van der Waals surface area contributed by atoms with E-state index in [4.69, 9.17) is 4.98 Å². The Hall–Kier alpha value is -3.57. The first-order chi connectivity index (χ1) is 17.7. The molecule has 0 radical (unpaired) electrons. The molecule has 4 aromatic rings. The highest BCUT2D eigenvalue weighted by molar-refractivity contribution is 7.99. The van der Waals surface area contributed by atoms with E-state index >= 15 is 0 Å². The largest absolute Gasteiger partial charge is 0.325 e. The number of rotatable bonds is 6. The van der Waals surface area contributed by atoms with E-state index in [1.165, 1.54) is 10.9 Å². The van der Waals surface area contributed by atoms with Crippen molar-refractivity contribution in [1.82, 2.24) is 9.55 Å². The van der Waals surface area contributed by atoms with Crippen molar-refractivity contribution in [2.45, 2.75) is 44.7 Å². The smallest absolute Gasteiger partial charge is 0.306 e. The van der Waals surface area contributed by atoms with Gasteiger partial charge in [-0.1, -0.05) is 17.8 Å². The van der Waals surface area contributed by atoms with E-state index in [0.717, 1.165) is 66.3 Å². The van der Waals surface area contributed by atoms with Gasteiger partial charge in [0.25, 0.3) is 5.56 Å². The zero-order valence-electron chi connectivity index (χ0n) is 20.2. The van der Waals surface area contributed by atoms with E-state index in [0.29, 0.717) is 21.1 Å². The maximum absolute atomic E-state index is 13.9. The predicted octanol–water partition coefficient (Wildman–Crippen LogP) is 5.72. The van der Waals surface area contributed by atoms with Gasteiger partial charge in [-0.05, 0) is 80.5 Å². The molecule has 0 saturated carbocycles. The Kier molecular flexibility index (Phi) is 6.82. The second-order valence-electron chi connectivity index (χ2n) is 9.03. The lowest BCUT2D eigenvalue weighted by Gasteiger charge is -2.15. The fourth-order valence-electron chi connectivity index (χ4n) is 4.65. The van der Waals surface area contributed by atoms with Gasteiger partial charge in [-0.2, -0.15) is 4.39 Å². The number of amides is 1. The van der Waals surface area contributed by atoms with Crippen molar-refractivity contribution < 1.29 is 14.1 Å². The second-order valence-corrected chi connectivity index (χ2v) is 11.1. The third-order valence-corrected chi connectivity index (χ3v) is 8.31. The van der Waals surface area contributed by atoms with Gasteiger partial charge < -0.3 is 5.32 Å². The standard InChI is InChI=1S/C26H23FN4O4S2/c1-14-9-15(2)11-17(10-14)30-25(33)23-18-5-3-4-6-21(18)37-24(23)29-26(30)36-13-22(32)28-16-7-8-19(27)20(12-16)31(34)35/h7-12H,3-6,13H2,1-2H3,(H,28,32). The van der Waals surface area contributed by atoms with Crippen LogP contribution >= 0.6 is 23.1 Å². The van der Waals surface area contributed by atoms with E-state index in [-0.39, 0.29) is 17.0 Å². The van der Waals surface area contributed by atoms with Crippen LogP contribution in [0, 0.1) is 29.8 Å². The number of aryl methyl sites for hydroxylation is 4. The number of anilines is 1. The molecule has 1 N–H and O–H groups in total. The summed E-state index contributed by atoms with van der Waals surface area (Å²) in [5.41, 5.74) is 3.02. The molecule has 190 valence electrons. The minimum absolute atomic E-state index is 0.0982. The topological polar surface area (TPSA) is 107 Å². The quantitative estimate of drug-likeness (QED) is 0.146. The van der Waals surface area contributed by atoms with Gasteiger partial charge >= 0.3 is 5.69 Å². The zero-order valence-corrected chi connectivity index (χ0v) is 21.8. The molecule has 2 aromatic heterocycles. The Balaban J connectivity index is 1.51. The molecule has 8 nitrogen and oxygen atoms in total. The minimum Gasteiger partial charge on any atom is -0.325 e. The highest BCUT2D eigenvalue weighted by Crippen LogP contribution is 2.35. The number of carbonyl (C=O) groups excluding carboxylic acids is 1. The van der Waals surface area contributed by atoms with E-state index in [1.807, 2.05) is 32.0 Å². The maximum Gasteiger partial charge on any atom is 0.306 e. The van der Waals surface area contributed by atoms with E-state index in [9.17, 15) is 24.1 Å². The van der Waals surface area contributed by atoms with Gasteiger partial charge in [-0.25, -0.2) is 4.98 Å². The minimum atomic E-state index is -0.981. The summed E-state index contributed by atoms with van der Waals surface area (Å²) in [7, 11) is 0. The number of aromatic nitrogens is 2. The second kappa shape index (κ2) is 10.1. The average molecular weight is 539 g/mol. The lowest BCUT2D eigenvalue weighted by atomic mass is 9.97. The van der Waals surface area contributed by atoms with Crippen molar-refractivity contribution >= 4 is 50.6 Å². The average Bonchev–Trinajstić information content (AvgIpc) is 3.22. The number of nitro groups is 1. The number of benzene rings is 2. The molecule has 2 heterocycles.